The molecule has 0 bridgehead atoms. The summed E-state index contributed by atoms with van der Waals surface area (Å²) in [6, 6.07) is 6.12. The number of thiazole rings is 1. The van der Waals surface area contributed by atoms with E-state index in [1.165, 1.54) is 23.0 Å². The first kappa shape index (κ1) is 33.1. The number of hydrogen-bond donors (Lipinski definition) is 1. The number of amides is 1. The van der Waals surface area contributed by atoms with Crippen LogP contribution in [-0.2, 0) is 34.1 Å². The Balaban J connectivity index is 1.42. The topological polar surface area (TPSA) is 127 Å². The van der Waals surface area contributed by atoms with E-state index in [0.29, 0.717) is 34.1 Å². The number of sulfonamides is 1. The minimum atomic E-state index is -4.89. The van der Waals surface area contributed by atoms with Crippen molar-refractivity contribution in [3.8, 4) is 5.75 Å². The summed E-state index contributed by atoms with van der Waals surface area (Å²) in [5.74, 6) is -1.26. The third kappa shape index (κ3) is 7.10. The van der Waals surface area contributed by atoms with Gasteiger partial charge in [-0.25, -0.2) is 18.1 Å². The number of ether oxygens (including phenoxy) is 1. The summed E-state index contributed by atoms with van der Waals surface area (Å²) in [6.07, 6.45) is -8.11. The van der Waals surface area contributed by atoms with Crippen molar-refractivity contribution in [2.45, 2.75) is 43.5 Å². The molecule has 11 nitrogen and oxygen atoms in total. The molecule has 246 valence electrons. The van der Waals surface area contributed by atoms with Crippen molar-refractivity contribution < 1.29 is 44.3 Å². The van der Waals surface area contributed by atoms with Crippen LogP contribution < -0.4 is 20.5 Å². The predicted molar refractivity (Wildman–Crippen MR) is 154 cm³/mol. The molecule has 1 aliphatic rings. The second kappa shape index (κ2) is 12.5. The van der Waals surface area contributed by atoms with Crippen LogP contribution in [0, 0.1) is 0 Å². The molecule has 1 fully saturated rings. The van der Waals surface area contributed by atoms with Crippen LogP contribution in [0.2, 0.25) is 0 Å². The monoisotopic (exact) mass is 690 g/mol. The quantitative estimate of drug-likeness (QED) is 0.275. The maximum absolute atomic E-state index is 13.7. The third-order valence-electron chi connectivity index (χ3n) is 7.01. The number of carbonyl (C=O) groups excluding carboxylic acids is 1. The Hall–Kier alpha value is -4.23. The molecule has 1 saturated heterocycles. The molecule has 1 amide bonds. The van der Waals surface area contributed by atoms with Crippen molar-refractivity contribution in [2.24, 2.45) is 0 Å². The number of rotatable bonds is 8. The molecule has 0 saturated carbocycles. The molecule has 0 radical (unpaired) electrons. The van der Waals surface area contributed by atoms with Crippen LogP contribution in [-0.4, -0.2) is 65.4 Å². The van der Waals surface area contributed by atoms with Gasteiger partial charge in [0, 0.05) is 32.7 Å². The first-order valence-corrected chi connectivity index (χ1v) is 15.8. The van der Waals surface area contributed by atoms with E-state index in [-0.39, 0.29) is 31.7 Å². The van der Waals surface area contributed by atoms with Crippen molar-refractivity contribution in [3.63, 3.8) is 0 Å². The van der Waals surface area contributed by atoms with Gasteiger partial charge in [0.2, 0.25) is 15.9 Å². The lowest BCUT2D eigenvalue weighted by atomic mass is 10.1. The molecule has 0 spiro atoms. The standard InChI is InChI=1S/C27H24F6N6O5S2/c1-2-38-24(41)22-21(14-35-38)45-25(36-22)37-11-12-39(46(42,43)19-9-5-17(6-10-19)26(28,29)30)20(15-37)23(40)34-13-16-3-7-18(8-4-16)44-27(31,32)33/h3-10,14,20H,2,11-13,15H2,1H3,(H,34,40)/t20-/m1/s1. The van der Waals surface area contributed by atoms with E-state index in [2.05, 4.69) is 20.1 Å². The number of piperazine rings is 1. The Morgan fingerprint density at radius 1 is 1.04 bits per heavy atom. The van der Waals surface area contributed by atoms with Crippen LogP contribution in [0.1, 0.15) is 18.1 Å². The number of anilines is 1. The smallest absolute Gasteiger partial charge is 0.406 e. The van der Waals surface area contributed by atoms with Gasteiger partial charge in [-0.2, -0.15) is 22.6 Å². The highest BCUT2D eigenvalue weighted by atomic mass is 32.2. The SMILES string of the molecule is CCn1ncc2sc(N3CCN(S(=O)(=O)c4ccc(C(F)(F)F)cc4)[C@@H](C(=O)NCc4ccc(OC(F)(F)F)cc4)C3)nc2c1=O. The molecule has 5 rings (SSSR count). The lowest BCUT2D eigenvalue weighted by Gasteiger charge is -2.39. The van der Waals surface area contributed by atoms with E-state index < -0.39 is 56.3 Å². The Bertz CT molecular complexity index is 1890. The minimum Gasteiger partial charge on any atom is -0.406 e. The zero-order chi connectivity index (χ0) is 33.4. The van der Waals surface area contributed by atoms with Gasteiger partial charge >= 0.3 is 12.5 Å². The molecule has 0 unspecified atom stereocenters. The summed E-state index contributed by atoms with van der Waals surface area (Å²) in [6.45, 7) is 1.37. The number of nitrogens with one attached hydrogen (secondary N) is 1. The molecule has 1 atom stereocenters. The molecule has 3 heterocycles. The van der Waals surface area contributed by atoms with Gasteiger partial charge in [-0.05, 0) is 48.9 Å². The fraction of sp³-hybridized carbons (Fsp3) is 0.333. The molecular weight excluding hydrogens is 666 g/mol. The molecule has 19 heteroatoms. The minimum absolute atomic E-state index is 0.0273. The van der Waals surface area contributed by atoms with E-state index in [9.17, 15) is 44.3 Å². The summed E-state index contributed by atoms with van der Waals surface area (Å²) in [4.78, 5) is 31.8. The van der Waals surface area contributed by atoms with Gasteiger partial charge in [0.05, 0.1) is 21.4 Å². The van der Waals surface area contributed by atoms with Crippen LogP contribution >= 0.6 is 11.3 Å². The fourth-order valence-electron chi connectivity index (χ4n) is 4.73. The van der Waals surface area contributed by atoms with Crippen molar-refractivity contribution >= 4 is 42.6 Å². The zero-order valence-electron chi connectivity index (χ0n) is 23.7. The Morgan fingerprint density at radius 3 is 2.33 bits per heavy atom. The van der Waals surface area contributed by atoms with E-state index in [4.69, 9.17) is 0 Å². The number of hydrogen-bond acceptors (Lipinski definition) is 9. The molecule has 46 heavy (non-hydrogen) atoms. The first-order valence-electron chi connectivity index (χ1n) is 13.5. The average Bonchev–Trinajstić information content (AvgIpc) is 3.45. The highest BCUT2D eigenvalue weighted by molar-refractivity contribution is 7.89. The van der Waals surface area contributed by atoms with E-state index in [0.717, 1.165) is 39.9 Å². The van der Waals surface area contributed by atoms with Gasteiger partial charge in [0.15, 0.2) is 10.6 Å². The number of fused-ring (bicyclic) bond motifs is 1. The lowest BCUT2D eigenvalue weighted by Crippen LogP contribution is -2.60. The summed E-state index contributed by atoms with van der Waals surface area (Å²) >= 11 is 1.12. The number of halogens is 6. The summed E-state index contributed by atoms with van der Waals surface area (Å²) in [7, 11) is -4.50. The molecule has 4 aromatic rings. The zero-order valence-corrected chi connectivity index (χ0v) is 25.3. The van der Waals surface area contributed by atoms with Crippen LogP contribution in [0.15, 0.2) is 64.4 Å². The predicted octanol–water partition coefficient (Wildman–Crippen LogP) is 3.99. The number of carbonyl (C=O) groups is 1. The van der Waals surface area contributed by atoms with Gasteiger partial charge in [0.1, 0.15) is 11.8 Å². The maximum Gasteiger partial charge on any atom is 0.573 e. The third-order valence-corrected chi connectivity index (χ3v) is 9.98. The Labute approximate surface area is 261 Å². The number of benzene rings is 2. The molecule has 0 aliphatic carbocycles. The Kier molecular flexibility index (Phi) is 9.02. The van der Waals surface area contributed by atoms with Crippen LogP contribution in [0.25, 0.3) is 10.2 Å². The average molecular weight is 691 g/mol. The summed E-state index contributed by atoms with van der Waals surface area (Å²) in [5, 5.41) is 6.98. The van der Waals surface area contributed by atoms with Crippen molar-refractivity contribution in [3.05, 3.63) is 76.2 Å². The first-order chi connectivity index (χ1) is 21.6. The van der Waals surface area contributed by atoms with Crippen molar-refractivity contribution in [2.75, 3.05) is 24.5 Å². The maximum atomic E-state index is 13.7. The second-order valence-electron chi connectivity index (χ2n) is 9.98. The summed E-state index contributed by atoms with van der Waals surface area (Å²) in [5.41, 5.74) is -0.953. The number of nitrogens with zero attached hydrogens (tertiary/aromatic N) is 5. The van der Waals surface area contributed by atoms with Gasteiger partial charge < -0.3 is 15.0 Å². The molecule has 1 aliphatic heterocycles. The van der Waals surface area contributed by atoms with Gasteiger partial charge in [0.25, 0.3) is 5.56 Å². The molecule has 2 aromatic carbocycles. The van der Waals surface area contributed by atoms with Crippen LogP contribution in [0.4, 0.5) is 31.5 Å². The fourth-order valence-corrected chi connectivity index (χ4v) is 7.26. The van der Waals surface area contributed by atoms with Gasteiger partial charge in [-0.15, -0.1) is 13.2 Å². The van der Waals surface area contributed by atoms with Crippen molar-refractivity contribution in [1.29, 1.82) is 0 Å². The largest absolute Gasteiger partial charge is 0.573 e. The molecule has 2 aromatic heterocycles. The van der Waals surface area contributed by atoms with E-state index in [1.807, 2.05) is 0 Å². The highest BCUT2D eigenvalue weighted by Crippen LogP contribution is 2.33. The van der Waals surface area contributed by atoms with Crippen LogP contribution in [0.5, 0.6) is 5.75 Å². The second-order valence-corrected chi connectivity index (χ2v) is 12.9. The Morgan fingerprint density at radius 2 is 1.72 bits per heavy atom. The van der Waals surface area contributed by atoms with E-state index >= 15 is 0 Å². The highest BCUT2D eigenvalue weighted by Gasteiger charge is 2.41. The van der Waals surface area contributed by atoms with Crippen molar-refractivity contribution in [1.82, 2.24) is 24.4 Å². The van der Waals surface area contributed by atoms with Gasteiger partial charge in [-0.3, -0.25) is 9.59 Å². The number of aryl methyl sites for hydroxylation is 1. The van der Waals surface area contributed by atoms with E-state index in [1.54, 1.807) is 11.8 Å². The number of alkyl halides is 6. The molecular formula is C27H24F6N6O5S2. The van der Waals surface area contributed by atoms with Crippen LogP contribution in [0.3, 0.4) is 0 Å². The normalized spacial score (nSPS) is 16.5. The lowest BCUT2D eigenvalue weighted by molar-refractivity contribution is -0.274. The summed E-state index contributed by atoms with van der Waals surface area (Å²) < 4.78 is 110. The molecule has 1 N–H and O–H groups in total. The number of aromatic nitrogens is 3. The van der Waals surface area contributed by atoms with Gasteiger partial charge in [-0.1, -0.05) is 23.5 Å².